The minimum absolute atomic E-state index is 0.272. The molecule has 0 radical (unpaired) electrons. The fourth-order valence-electron chi connectivity index (χ4n) is 4.56. The lowest BCUT2D eigenvalue weighted by molar-refractivity contribution is 0.104. The summed E-state index contributed by atoms with van der Waals surface area (Å²) in [5, 5.41) is 3.66. The van der Waals surface area contributed by atoms with Crippen molar-refractivity contribution >= 4 is 29.9 Å². The third-order valence-corrected chi connectivity index (χ3v) is 7.74. The molecule has 4 aromatic rings. The second kappa shape index (κ2) is 11.9. The Bertz CT molecular complexity index is 1570. The Kier molecular flexibility index (Phi) is 8.61. The van der Waals surface area contributed by atoms with Crippen LogP contribution < -0.4 is 28.8 Å². The summed E-state index contributed by atoms with van der Waals surface area (Å²) in [5.41, 5.74) is 3.13. The number of aromatic amines is 1. The Morgan fingerprint density at radius 2 is 1.52 bits per heavy atom. The number of carbonyl (C=O) groups excluding carboxylic acids is 1. The monoisotopic (exact) mass is 568 g/mol. The number of anilines is 1. The Labute approximate surface area is 233 Å². The minimum Gasteiger partial charge on any atom is -0.497 e. The van der Waals surface area contributed by atoms with Crippen molar-refractivity contribution in [1.82, 2.24) is 4.98 Å². The van der Waals surface area contributed by atoms with E-state index in [9.17, 15) is 9.36 Å². The summed E-state index contributed by atoms with van der Waals surface area (Å²) in [5.74, 6) is 1.94. The molecule has 0 fully saturated rings. The number of hydrogen-bond acceptors (Lipinski definition) is 8. The molecule has 0 aliphatic heterocycles. The standard InChI is InChI=1S/C29H33N2O8P/c1-8-39-40(7,33)31-22-13-17(9-12-23(22)35-3)27-26(20-11-10-19(34-2)16-21(20)30-27)28(32)18-14-24(36-4)29(38-6)25(15-18)37-5/h9-16,30H,8H2,1-7H3,(H,31,33). The van der Waals surface area contributed by atoms with Gasteiger partial charge in [-0.2, -0.15) is 0 Å². The van der Waals surface area contributed by atoms with E-state index < -0.39 is 7.52 Å². The Hall–Kier alpha value is -4.14. The highest BCUT2D eigenvalue weighted by Gasteiger charge is 2.26. The number of benzene rings is 3. The summed E-state index contributed by atoms with van der Waals surface area (Å²) in [7, 11) is 4.42. The smallest absolute Gasteiger partial charge is 0.290 e. The second-order valence-corrected chi connectivity index (χ2v) is 11.0. The van der Waals surface area contributed by atoms with Gasteiger partial charge >= 0.3 is 0 Å². The number of ether oxygens (including phenoxy) is 5. The maximum absolute atomic E-state index is 14.2. The van der Waals surface area contributed by atoms with Crippen LogP contribution in [0.15, 0.2) is 48.5 Å². The van der Waals surface area contributed by atoms with Crippen molar-refractivity contribution in [3.8, 4) is 40.0 Å². The number of methoxy groups -OCH3 is 5. The van der Waals surface area contributed by atoms with Crippen LogP contribution in [0.3, 0.4) is 0 Å². The van der Waals surface area contributed by atoms with Crippen LogP contribution in [-0.4, -0.2) is 59.6 Å². The van der Waals surface area contributed by atoms with Crippen LogP contribution in [0.1, 0.15) is 22.8 Å². The molecule has 0 aliphatic carbocycles. The van der Waals surface area contributed by atoms with E-state index in [1.54, 1.807) is 44.4 Å². The Morgan fingerprint density at radius 1 is 0.850 bits per heavy atom. The molecule has 1 heterocycles. The number of aromatic nitrogens is 1. The molecule has 212 valence electrons. The normalized spacial score (nSPS) is 12.5. The lowest BCUT2D eigenvalue weighted by atomic mass is 9.96. The predicted octanol–water partition coefficient (Wildman–Crippen LogP) is 6.38. The molecule has 0 amide bonds. The van der Waals surface area contributed by atoms with Crippen molar-refractivity contribution in [1.29, 1.82) is 0 Å². The van der Waals surface area contributed by atoms with E-state index >= 15 is 0 Å². The van der Waals surface area contributed by atoms with Crippen molar-refractivity contribution in [3.05, 3.63) is 59.7 Å². The van der Waals surface area contributed by atoms with Gasteiger partial charge in [0, 0.05) is 29.2 Å². The van der Waals surface area contributed by atoms with Gasteiger partial charge in [0.15, 0.2) is 17.3 Å². The van der Waals surface area contributed by atoms with Gasteiger partial charge in [-0.3, -0.25) is 9.36 Å². The molecule has 0 saturated carbocycles. The van der Waals surface area contributed by atoms with Crippen molar-refractivity contribution in [3.63, 3.8) is 0 Å². The molecule has 10 nitrogen and oxygen atoms in total. The first-order valence-corrected chi connectivity index (χ1v) is 14.5. The first-order chi connectivity index (χ1) is 19.2. The molecular weight excluding hydrogens is 535 g/mol. The molecule has 1 aromatic heterocycles. The Morgan fingerprint density at radius 3 is 2.10 bits per heavy atom. The van der Waals surface area contributed by atoms with Crippen molar-refractivity contribution in [2.24, 2.45) is 0 Å². The van der Waals surface area contributed by atoms with E-state index in [4.69, 9.17) is 28.2 Å². The Balaban J connectivity index is 1.95. The predicted molar refractivity (Wildman–Crippen MR) is 155 cm³/mol. The van der Waals surface area contributed by atoms with Gasteiger partial charge in [-0.05, 0) is 49.4 Å². The highest BCUT2D eigenvalue weighted by atomic mass is 31.2. The van der Waals surface area contributed by atoms with Gasteiger partial charge in [-0.1, -0.05) is 0 Å². The number of nitrogens with one attached hydrogen (secondary N) is 2. The molecule has 0 bridgehead atoms. The van der Waals surface area contributed by atoms with Crippen molar-refractivity contribution in [2.75, 3.05) is 53.9 Å². The summed E-state index contributed by atoms with van der Waals surface area (Å²) in [4.78, 5) is 17.6. The summed E-state index contributed by atoms with van der Waals surface area (Å²) in [6.07, 6.45) is 0. The van der Waals surface area contributed by atoms with Gasteiger partial charge in [0.25, 0.3) is 7.52 Å². The maximum atomic E-state index is 14.2. The highest BCUT2D eigenvalue weighted by Crippen LogP contribution is 2.46. The van der Waals surface area contributed by atoms with E-state index in [1.807, 2.05) is 18.2 Å². The quantitative estimate of drug-likeness (QED) is 0.148. The molecule has 4 rings (SSSR count). The number of hydrogen-bond donors (Lipinski definition) is 2. The van der Waals surface area contributed by atoms with Crippen LogP contribution >= 0.6 is 7.52 Å². The van der Waals surface area contributed by atoms with Crippen molar-refractivity contribution in [2.45, 2.75) is 6.92 Å². The molecule has 0 saturated heterocycles. The minimum atomic E-state index is -3.17. The van der Waals surface area contributed by atoms with Crippen LogP contribution in [-0.2, 0) is 9.09 Å². The number of H-pyrrole nitrogens is 1. The molecular formula is C29H33N2O8P. The van der Waals surface area contributed by atoms with Gasteiger partial charge in [-0.25, -0.2) is 0 Å². The van der Waals surface area contributed by atoms with E-state index in [-0.39, 0.29) is 12.4 Å². The van der Waals surface area contributed by atoms with Gasteiger partial charge in [0.1, 0.15) is 11.5 Å². The molecule has 40 heavy (non-hydrogen) atoms. The number of fused-ring (bicyclic) bond motifs is 1. The van der Waals surface area contributed by atoms with Crippen molar-refractivity contribution < 1.29 is 37.6 Å². The molecule has 0 aliphatic rings. The number of ketones is 1. The van der Waals surface area contributed by atoms with Gasteiger partial charge < -0.3 is 38.3 Å². The summed E-state index contributed by atoms with van der Waals surface area (Å²) in [6.45, 7) is 3.54. The van der Waals surface area contributed by atoms with Crippen LogP contribution in [0.2, 0.25) is 0 Å². The van der Waals surface area contributed by atoms with Crippen LogP contribution in [0.5, 0.6) is 28.7 Å². The lowest BCUT2D eigenvalue weighted by Gasteiger charge is -2.18. The zero-order valence-corrected chi connectivity index (χ0v) is 24.4. The van der Waals surface area contributed by atoms with Crippen LogP contribution in [0, 0.1) is 0 Å². The van der Waals surface area contributed by atoms with E-state index in [0.29, 0.717) is 67.7 Å². The molecule has 1 unspecified atom stereocenters. The zero-order valence-electron chi connectivity index (χ0n) is 23.5. The number of rotatable bonds is 12. The fraction of sp³-hybridized carbons (Fsp3) is 0.276. The molecule has 2 N–H and O–H groups in total. The third kappa shape index (κ3) is 5.59. The first kappa shape index (κ1) is 28.9. The first-order valence-electron chi connectivity index (χ1n) is 12.4. The fourth-order valence-corrected chi connectivity index (χ4v) is 5.73. The summed E-state index contributed by atoms with van der Waals surface area (Å²) in [6, 6.07) is 14.0. The van der Waals surface area contributed by atoms with Crippen LogP contribution in [0.4, 0.5) is 5.69 Å². The van der Waals surface area contributed by atoms with E-state index in [0.717, 1.165) is 0 Å². The lowest BCUT2D eigenvalue weighted by Crippen LogP contribution is -2.06. The number of carbonyl (C=O) groups is 1. The van der Waals surface area contributed by atoms with Gasteiger partial charge in [0.05, 0.1) is 64.6 Å². The molecule has 1 atom stereocenters. The second-order valence-electron chi connectivity index (χ2n) is 8.82. The summed E-state index contributed by atoms with van der Waals surface area (Å²) < 4.78 is 45.7. The maximum Gasteiger partial charge on any atom is 0.290 e. The largest absolute Gasteiger partial charge is 0.497 e. The highest BCUT2D eigenvalue weighted by molar-refractivity contribution is 7.59. The van der Waals surface area contributed by atoms with Crippen LogP contribution in [0.25, 0.3) is 22.2 Å². The summed E-state index contributed by atoms with van der Waals surface area (Å²) >= 11 is 0. The average Bonchev–Trinajstić information content (AvgIpc) is 3.34. The molecule has 0 spiro atoms. The van der Waals surface area contributed by atoms with Gasteiger partial charge in [-0.15, -0.1) is 0 Å². The third-order valence-electron chi connectivity index (χ3n) is 6.35. The van der Waals surface area contributed by atoms with E-state index in [2.05, 4.69) is 10.1 Å². The topological polar surface area (TPSA) is 117 Å². The van der Waals surface area contributed by atoms with Gasteiger partial charge in [0.2, 0.25) is 5.75 Å². The van der Waals surface area contributed by atoms with E-state index in [1.165, 1.54) is 35.1 Å². The SMILES string of the molecule is CCOP(C)(=O)Nc1cc(-c2[nH]c3cc(OC)ccc3c2C(=O)c2cc(OC)c(OC)c(OC)c2)ccc1OC. The average molecular weight is 569 g/mol. The molecule has 3 aromatic carbocycles. The zero-order chi connectivity index (χ0) is 29.0. The molecule has 11 heteroatoms.